The van der Waals surface area contributed by atoms with Crippen LogP contribution in [-0.2, 0) is 14.3 Å². The maximum absolute atomic E-state index is 14.8. The fraction of sp³-hybridized carbons (Fsp3) is 0.481. The summed E-state index contributed by atoms with van der Waals surface area (Å²) in [6.07, 6.45) is 0.549. The minimum atomic E-state index is -1.37. The van der Waals surface area contributed by atoms with Gasteiger partial charge in [0.1, 0.15) is 17.5 Å². The van der Waals surface area contributed by atoms with Gasteiger partial charge >= 0.3 is 12.1 Å². The van der Waals surface area contributed by atoms with Gasteiger partial charge in [-0.3, -0.25) is 9.98 Å². The van der Waals surface area contributed by atoms with Crippen molar-refractivity contribution in [1.29, 1.82) is 0 Å². The Bertz CT molecular complexity index is 1290. The molecule has 3 aliphatic rings. The summed E-state index contributed by atoms with van der Waals surface area (Å²) >= 11 is 6.40. The minimum absolute atomic E-state index is 0.00563. The molecule has 1 amide bonds. The fourth-order valence-corrected chi connectivity index (χ4v) is 4.98. The first kappa shape index (κ1) is 29.4. The lowest BCUT2D eigenvalue weighted by molar-refractivity contribution is -0.139. The van der Waals surface area contributed by atoms with Gasteiger partial charge < -0.3 is 19.7 Å². The van der Waals surface area contributed by atoms with Gasteiger partial charge in [0.2, 0.25) is 6.17 Å². The van der Waals surface area contributed by atoms with Crippen LogP contribution in [0.5, 0.6) is 0 Å². The Kier molecular flexibility index (Phi) is 8.77. The number of nitrogens with one attached hydrogen (secondary N) is 1. The van der Waals surface area contributed by atoms with Gasteiger partial charge in [-0.1, -0.05) is 22.1 Å². The van der Waals surface area contributed by atoms with E-state index in [1.165, 1.54) is 12.1 Å². The van der Waals surface area contributed by atoms with Gasteiger partial charge in [-0.25, -0.2) is 18.4 Å². The fourth-order valence-electron chi connectivity index (χ4n) is 4.71. The number of amidine groups is 1. The topological polar surface area (TPSA) is 95.8 Å². The third-order valence-electron chi connectivity index (χ3n) is 6.47. The SMILES string of the molecule is CCOC(=O)C1=C(C2CCN(C(=O)OC(C)(C)C)CC2)NC(C2N=CC(F)=CN2F)=NC1c1ccc(F)cc1Cl. The Labute approximate surface area is 235 Å². The lowest BCUT2D eigenvalue weighted by Gasteiger charge is -2.38. The third-order valence-corrected chi connectivity index (χ3v) is 6.79. The first-order valence-electron chi connectivity index (χ1n) is 12.9. The number of piperidine rings is 1. The summed E-state index contributed by atoms with van der Waals surface area (Å²) in [5, 5.41) is 3.13. The molecule has 0 spiro atoms. The lowest BCUT2D eigenvalue weighted by Crippen LogP contribution is -2.48. The first-order chi connectivity index (χ1) is 18.9. The average molecular weight is 582 g/mol. The molecule has 3 heterocycles. The summed E-state index contributed by atoms with van der Waals surface area (Å²) < 4.78 is 53.2. The maximum Gasteiger partial charge on any atom is 0.410 e. The van der Waals surface area contributed by atoms with Gasteiger partial charge in [-0.15, -0.1) is 0 Å². The van der Waals surface area contributed by atoms with Crippen LogP contribution in [0.2, 0.25) is 5.02 Å². The van der Waals surface area contributed by atoms with E-state index in [0.717, 1.165) is 12.3 Å². The molecule has 1 saturated heterocycles. The van der Waals surface area contributed by atoms with Gasteiger partial charge in [0.05, 0.1) is 24.6 Å². The quantitative estimate of drug-likeness (QED) is 0.370. The number of halogens is 4. The Morgan fingerprint density at radius 1 is 1.20 bits per heavy atom. The maximum atomic E-state index is 14.8. The van der Waals surface area contributed by atoms with E-state index in [9.17, 15) is 22.9 Å². The molecule has 13 heteroatoms. The largest absolute Gasteiger partial charge is 0.463 e. The number of hydrogen-bond acceptors (Lipinski definition) is 8. The summed E-state index contributed by atoms with van der Waals surface area (Å²) in [7, 11) is 0. The molecule has 0 radical (unpaired) electrons. The number of likely N-dealkylation sites (tertiary alicyclic amines) is 1. The Morgan fingerprint density at radius 3 is 2.50 bits per heavy atom. The van der Waals surface area contributed by atoms with Crippen molar-refractivity contribution in [3.05, 3.63) is 57.9 Å². The highest BCUT2D eigenvalue weighted by atomic mass is 35.5. The summed E-state index contributed by atoms with van der Waals surface area (Å²) in [6, 6.07) is 2.57. The summed E-state index contributed by atoms with van der Waals surface area (Å²) in [5.41, 5.74) is 0.164. The molecular formula is C27H31ClF3N5O4. The molecule has 3 aliphatic heterocycles. The predicted octanol–water partition coefficient (Wildman–Crippen LogP) is 5.39. The highest BCUT2D eigenvalue weighted by molar-refractivity contribution is 6.31. The number of ether oxygens (including phenoxy) is 2. The van der Waals surface area contributed by atoms with Crippen LogP contribution in [-0.4, -0.2) is 65.6 Å². The van der Waals surface area contributed by atoms with Crippen molar-refractivity contribution in [2.75, 3.05) is 19.7 Å². The molecule has 40 heavy (non-hydrogen) atoms. The molecule has 0 aromatic heterocycles. The van der Waals surface area contributed by atoms with Gasteiger partial charge in [-0.2, -0.15) is 5.12 Å². The van der Waals surface area contributed by atoms with Gasteiger partial charge in [0, 0.05) is 35.3 Å². The Hall–Kier alpha value is -3.54. The predicted molar refractivity (Wildman–Crippen MR) is 143 cm³/mol. The zero-order valence-corrected chi connectivity index (χ0v) is 23.3. The van der Waals surface area contributed by atoms with E-state index < -0.39 is 41.5 Å². The molecule has 216 valence electrons. The summed E-state index contributed by atoms with van der Waals surface area (Å²) in [4.78, 5) is 36.1. The van der Waals surface area contributed by atoms with E-state index in [-0.39, 0.29) is 34.1 Å². The summed E-state index contributed by atoms with van der Waals surface area (Å²) in [5.74, 6) is -2.46. The van der Waals surface area contributed by atoms with Crippen LogP contribution < -0.4 is 5.32 Å². The van der Waals surface area contributed by atoms with Crippen LogP contribution in [0.3, 0.4) is 0 Å². The number of hydrogen-bond donors (Lipinski definition) is 1. The average Bonchev–Trinajstić information content (AvgIpc) is 2.87. The number of carbonyl (C=O) groups excluding carboxylic acids is 2. The second-order valence-corrected chi connectivity index (χ2v) is 10.9. The Balaban J connectivity index is 1.74. The minimum Gasteiger partial charge on any atom is -0.463 e. The standard InChI is InChI=1S/C27H31ClF3N5O4/c1-5-39-25(37)20-21(15-8-10-35(11-9-15)26(38)40-27(2,3)4)33-23(24-32-13-17(30)14-36(24)31)34-22(20)18-7-6-16(29)12-19(18)28/h6-7,12-15,22,24H,5,8-11H2,1-4H3,(H,33,34). The highest BCUT2D eigenvalue weighted by Crippen LogP contribution is 2.40. The summed E-state index contributed by atoms with van der Waals surface area (Å²) in [6.45, 7) is 7.74. The van der Waals surface area contributed by atoms with Crippen molar-refractivity contribution in [3.63, 3.8) is 0 Å². The first-order valence-corrected chi connectivity index (χ1v) is 13.3. The molecule has 1 aromatic rings. The molecule has 2 unspecified atom stereocenters. The van der Waals surface area contributed by atoms with Crippen LogP contribution >= 0.6 is 11.6 Å². The number of nitrogens with zero attached hydrogens (tertiary/aromatic N) is 4. The molecule has 2 atom stereocenters. The van der Waals surface area contributed by atoms with Gasteiger partial charge in [0.25, 0.3) is 0 Å². The molecule has 4 rings (SSSR count). The number of esters is 1. The van der Waals surface area contributed by atoms with Crippen LogP contribution in [0.25, 0.3) is 0 Å². The molecular weight excluding hydrogens is 551 g/mol. The van der Waals surface area contributed by atoms with Gasteiger partial charge in [0.15, 0.2) is 11.7 Å². The smallest absolute Gasteiger partial charge is 0.410 e. The molecule has 1 aromatic carbocycles. The molecule has 0 bridgehead atoms. The monoisotopic (exact) mass is 581 g/mol. The van der Waals surface area contributed by atoms with Crippen molar-refractivity contribution >= 4 is 35.7 Å². The molecule has 0 aliphatic carbocycles. The zero-order valence-electron chi connectivity index (χ0n) is 22.6. The third kappa shape index (κ3) is 6.60. The lowest BCUT2D eigenvalue weighted by atomic mass is 9.85. The highest BCUT2D eigenvalue weighted by Gasteiger charge is 2.40. The number of carbonyl (C=O) groups is 2. The van der Waals surface area contributed by atoms with Crippen molar-refractivity contribution in [2.45, 2.75) is 58.3 Å². The Morgan fingerprint density at radius 2 is 1.90 bits per heavy atom. The number of aliphatic imine (C=N–C) groups is 2. The molecule has 1 fully saturated rings. The van der Waals surface area contributed by atoms with E-state index in [2.05, 4.69) is 15.3 Å². The van der Waals surface area contributed by atoms with Crippen molar-refractivity contribution in [2.24, 2.45) is 15.9 Å². The van der Waals surface area contributed by atoms with Crippen LogP contribution in [0.4, 0.5) is 18.1 Å². The molecule has 9 nitrogen and oxygen atoms in total. The van der Waals surface area contributed by atoms with Crippen molar-refractivity contribution < 1.29 is 32.3 Å². The van der Waals surface area contributed by atoms with E-state index >= 15 is 0 Å². The number of rotatable bonds is 5. The van der Waals surface area contributed by atoms with Crippen molar-refractivity contribution in [1.82, 2.24) is 15.3 Å². The van der Waals surface area contributed by atoms with Crippen LogP contribution in [0.15, 0.2) is 51.5 Å². The van der Waals surface area contributed by atoms with Crippen LogP contribution in [0.1, 0.15) is 52.1 Å². The normalized spacial score (nSPS) is 22.0. The number of amides is 1. The number of benzene rings is 1. The number of allylic oxidation sites excluding steroid dienone is 2. The zero-order chi connectivity index (χ0) is 29.2. The van der Waals surface area contributed by atoms with Gasteiger partial charge in [-0.05, 0) is 52.7 Å². The van der Waals surface area contributed by atoms with Crippen molar-refractivity contribution in [3.8, 4) is 0 Å². The van der Waals surface area contributed by atoms with Crippen LogP contribution in [0, 0.1) is 11.7 Å². The van der Waals surface area contributed by atoms with E-state index in [4.69, 9.17) is 21.1 Å². The van der Waals surface area contributed by atoms with E-state index in [1.807, 2.05) is 0 Å². The van der Waals surface area contributed by atoms with E-state index in [1.54, 1.807) is 32.6 Å². The molecule has 1 N–H and O–H groups in total. The van der Waals surface area contributed by atoms with E-state index in [0.29, 0.717) is 43.4 Å². The second-order valence-electron chi connectivity index (χ2n) is 10.5. The second kappa shape index (κ2) is 11.9. The molecule has 0 saturated carbocycles.